The minimum Gasteiger partial charge on any atom is -0.371 e. The monoisotopic (exact) mass is 264 g/mol. The smallest absolute Gasteiger partial charge is 0.128 e. The van der Waals surface area contributed by atoms with Gasteiger partial charge in [-0.3, -0.25) is 0 Å². The predicted molar refractivity (Wildman–Crippen MR) is 79.2 cm³/mol. The summed E-state index contributed by atoms with van der Waals surface area (Å²) >= 11 is 0. The highest BCUT2D eigenvalue weighted by Gasteiger charge is 2.22. The van der Waals surface area contributed by atoms with Gasteiger partial charge in [-0.05, 0) is 56.0 Å². The third kappa shape index (κ3) is 3.93. The Balaban J connectivity index is 1.85. The second-order valence-corrected chi connectivity index (χ2v) is 6.09. The van der Waals surface area contributed by atoms with Crippen molar-refractivity contribution in [3.63, 3.8) is 0 Å². The van der Waals surface area contributed by atoms with Crippen LogP contribution in [0.15, 0.2) is 18.2 Å². The van der Waals surface area contributed by atoms with Crippen LogP contribution in [-0.2, 0) is 0 Å². The lowest BCUT2D eigenvalue weighted by Crippen LogP contribution is -2.28. The van der Waals surface area contributed by atoms with E-state index in [9.17, 15) is 4.39 Å². The van der Waals surface area contributed by atoms with Crippen LogP contribution in [0.3, 0.4) is 0 Å². The highest BCUT2D eigenvalue weighted by atomic mass is 19.1. The molecule has 1 heterocycles. The van der Waals surface area contributed by atoms with E-state index in [2.05, 4.69) is 24.1 Å². The molecule has 2 nitrogen and oxygen atoms in total. The molecule has 0 spiro atoms. The molecule has 0 radical (unpaired) electrons. The number of anilines is 1. The molecule has 1 atom stereocenters. The van der Waals surface area contributed by atoms with Gasteiger partial charge in [-0.1, -0.05) is 19.9 Å². The number of benzene rings is 1. The molecule has 2 rings (SSSR count). The van der Waals surface area contributed by atoms with Gasteiger partial charge in [-0.2, -0.15) is 0 Å². The summed E-state index contributed by atoms with van der Waals surface area (Å²) < 4.78 is 13.6. The first-order valence-electron chi connectivity index (χ1n) is 7.28. The largest absolute Gasteiger partial charge is 0.371 e. The van der Waals surface area contributed by atoms with E-state index in [0.717, 1.165) is 37.4 Å². The van der Waals surface area contributed by atoms with Gasteiger partial charge in [0.05, 0.1) is 0 Å². The van der Waals surface area contributed by atoms with Crippen LogP contribution in [0.25, 0.3) is 0 Å². The zero-order valence-electron chi connectivity index (χ0n) is 12.2. The fraction of sp³-hybridized carbons (Fsp3) is 0.625. The predicted octanol–water partition coefficient (Wildman–Crippen LogP) is 3.21. The molecule has 106 valence electrons. The summed E-state index contributed by atoms with van der Waals surface area (Å²) in [6.07, 6.45) is 1.20. The van der Waals surface area contributed by atoms with Crippen LogP contribution < -0.4 is 10.2 Å². The van der Waals surface area contributed by atoms with Gasteiger partial charge in [0.2, 0.25) is 0 Å². The second-order valence-electron chi connectivity index (χ2n) is 6.09. The molecule has 1 aliphatic rings. The van der Waals surface area contributed by atoms with Gasteiger partial charge in [0.25, 0.3) is 0 Å². The van der Waals surface area contributed by atoms with Gasteiger partial charge in [-0.25, -0.2) is 4.39 Å². The fourth-order valence-corrected chi connectivity index (χ4v) is 2.59. The molecule has 1 N–H and O–H groups in total. The summed E-state index contributed by atoms with van der Waals surface area (Å²) in [7, 11) is 0. The number of hydrogen-bond acceptors (Lipinski definition) is 2. The van der Waals surface area contributed by atoms with Crippen molar-refractivity contribution in [2.24, 2.45) is 11.8 Å². The fourth-order valence-electron chi connectivity index (χ4n) is 2.59. The van der Waals surface area contributed by atoms with Crippen molar-refractivity contribution in [1.82, 2.24) is 5.32 Å². The second kappa shape index (κ2) is 6.38. The topological polar surface area (TPSA) is 15.3 Å². The van der Waals surface area contributed by atoms with E-state index in [4.69, 9.17) is 0 Å². The molecule has 0 aromatic heterocycles. The van der Waals surface area contributed by atoms with Crippen LogP contribution in [0.2, 0.25) is 0 Å². The summed E-state index contributed by atoms with van der Waals surface area (Å²) in [5.74, 6) is 1.28. The Morgan fingerprint density at radius 1 is 1.42 bits per heavy atom. The van der Waals surface area contributed by atoms with Crippen LogP contribution in [0.1, 0.15) is 25.8 Å². The molecule has 1 aromatic rings. The van der Waals surface area contributed by atoms with E-state index in [1.165, 1.54) is 6.42 Å². The minimum atomic E-state index is -0.0983. The van der Waals surface area contributed by atoms with Crippen LogP contribution >= 0.6 is 0 Å². The maximum Gasteiger partial charge on any atom is 0.128 e. The molecule has 1 fully saturated rings. The number of rotatable bonds is 5. The first-order chi connectivity index (χ1) is 9.06. The minimum absolute atomic E-state index is 0.0983. The lowest BCUT2D eigenvalue weighted by atomic mass is 10.1. The van der Waals surface area contributed by atoms with Gasteiger partial charge in [-0.15, -0.1) is 0 Å². The molecule has 0 bridgehead atoms. The van der Waals surface area contributed by atoms with Gasteiger partial charge in [0.1, 0.15) is 5.82 Å². The van der Waals surface area contributed by atoms with Crippen molar-refractivity contribution in [3.8, 4) is 0 Å². The van der Waals surface area contributed by atoms with E-state index < -0.39 is 0 Å². The molecule has 0 saturated carbocycles. The van der Waals surface area contributed by atoms with Crippen LogP contribution in [0.4, 0.5) is 10.1 Å². The Kier molecular flexibility index (Phi) is 4.81. The van der Waals surface area contributed by atoms with Gasteiger partial charge < -0.3 is 10.2 Å². The molecule has 1 aromatic carbocycles. The van der Waals surface area contributed by atoms with Crippen molar-refractivity contribution in [1.29, 1.82) is 0 Å². The Hall–Kier alpha value is -1.09. The molecule has 3 heteroatoms. The first kappa shape index (κ1) is 14.3. The van der Waals surface area contributed by atoms with E-state index in [1.54, 1.807) is 6.07 Å². The Labute approximate surface area is 116 Å². The summed E-state index contributed by atoms with van der Waals surface area (Å²) in [5.41, 5.74) is 1.74. The van der Waals surface area contributed by atoms with Crippen molar-refractivity contribution in [3.05, 3.63) is 29.6 Å². The van der Waals surface area contributed by atoms with Crippen molar-refractivity contribution >= 4 is 5.69 Å². The molecular formula is C16H25FN2. The number of aryl methyl sites for hydroxylation is 1. The van der Waals surface area contributed by atoms with Crippen LogP contribution in [0, 0.1) is 24.6 Å². The quantitative estimate of drug-likeness (QED) is 0.878. The van der Waals surface area contributed by atoms with E-state index in [-0.39, 0.29) is 5.82 Å². The zero-order chi connectivity index (χ0) is 13.8. The van der Waals surface area contributed by atoms with Crippen LogP contribution in [0.5, 0.6) is 0 Å². The zero-order valence-corrected chi connectivity index (χ0v) is 12.2. The third-order valence-corrected chi connectivity index (χ3v) is 3.79. The highest BCUT2D eigenvalue weighted by Crippen LogP contribution is 2.25. The molecule has 19 heavy (non-hydrogen) atoms. The molecule has 0 amide bonds. The summed E-state index contributed by atoms with van der Waals surface area (Å²) in [4.78, 5) is 2.30. The average Bonchev–Trinajstić information content (AvgIpc) is 2.81. The standard InChI is InChI=1S/C16H25FN2/c1-12(2)9-18-10-14-6-7-19(11-14)15-5-4-13(3)16(17)8-15/h4-5,8,12,14,18H,6-7,9-11H2,1-3H3. The van der Waals surface area contributed by atoms with E-state index in [0.29, 0.717) is 11.8 Å². The van der Waals surface area contributed by atoms with Gasteiger partial charge in [0, 0.05) is 18.8 Å². The molecule has 1 saturated heterocycles. The number of nitrogens with zero attached hydrogens (tertiary/aromatic N) is 1. The van der Waals surface area contributed by atoms with Gasteiger partial charge in [0.15, 0.2) is 0 Å². The Morgan fingerprint density at radius 2 is 2.21 bits per heavy atom. The van der Waals surface area contributed by atoms with E-state index in [1.807, 2.05) is 19.1 Å². The Bertz CT molecular complexity index is 417. The van der Waals surface area contributed by atoms with Gasteiger partial charge >= 0.3 is 0 Å². The maximum atomic E-state index is 13.6. The maximum absolute atomic E-state index is 13.6. The van der Waals surface area contributed by atoms with Crippen molar-refractivity contribution < 1.29 is 4.39 Å². The Morgan fingerprint density at radius 3 is 2.89 bits per heavy atom. The number of nitrogens with one attached hydrogen (secondary N) is 1. The lowest BCUT2D eigenvalue weighted by molar-refractivity contribution is 0.477. The van der Waals surface area contributed by atoms with E-state index >= 15 is 0 Å². The number of halogens is 1. The number of hydrogen-bond donors (Lipinski definition) is 1. The average molecular weight is 264 g/mol. The van der Waals surface area contributed by atoms with Crippen LogP contribution in [-0.4, -0.2) is 26.2 Å². The lowest BCUT2D eigenvalue weighted by Gasteiger charge is -2.19. The highest BCUT2D eigenvalue weighted by molar-refractivity contribution is 5.49. The summed E-state index contributed by atoms with van der Waals surface area (Å²) in [6.45, 7) is 10.5. The molecular weight excluding hydrogens is 239 g/mol. The summed E-state index contributed by atoms with van der Waals surface area (Å²) in [5, 5.41) is 3.52. The molecule has 1 unspecified atom stereocenters. The molecule has 1 aliphatic heterocycles. The molecule has 0 aliphatic carbocycles. The third-order valence-electron chi connectivity index (χ3n) is 3.79. The van der Waals surface area contributed by atoms with Crippen molar-refractivity contribution in [2.75, 3.05) is 31.1 Å². The first-order valence-corrected chi connectivity index (χ1v) is 7.28. The SMILES string of the molecule is Cc1ccc(N2CCC(CNCC(C)C)C2)cc1F. The normalized spacial score (nSPS) is 19.4. The summed E-state index contributed by atoms with van der Waals surface area (Å²) in [6, 6.07) is 5.57. The van der Waals surface area contributed by atoms with Crippen molar-refractivity contribution in [2.45, 2.75) is 27.2 Å².